The first kappa shape index (κ1) is 10.7. The number of ether oxygens (including phenoxy) is 1. The van der Waals surface area contributed by atoms with Crippen molar-refractivity contribution < 1.29 is 14.6 Å². The van der Waals surface area contributed by atoms with Crippen molar-refractivity contribution >= 4 is 5.97 Å². The largest absolute Gasteiger partial charge is 0.460 e. The van der Waals surface area contributed by atoms with Gasteiger partial charge in [-0.3, -0.25) is 0 Å². The Kier molecular flexibility index (Phi) is 3.65. The first-order valence-corrected chi connectivity index (χ1v) is 4.51. The summed E-state index contributed by atoms with van der Waals surface area (Å²) in [6.07, 6.45) is 0. The molecule has 0 amide bonds. The van der Waals surface area contributed by atoms with Crippen LogP contribution in [0.25, 0.3) is 0 Å². The molecule has 0 aromatic heterocycles. The van der Waals surface area contributed by atoms with Gasteiger partial charge in [-0.15, -0.1) is 0 Å². The molecule has 0 fully saturated rings. The number of carbonyl (C=O) groups is 1. The van der Waals surface area contributed by atoms with Gasteiger partial charge in [-0.05, 0) is 31.0 Å². The van der Waals surface area contributed by atoms with E-state index in [0.29, 0.717) is 5.56 Å². The van der Waals surface area contributed by atoms with Crippen molar-refractivity contribution in [3.8, 4) is 0 Å². The monoisotopic (exact) mass is 194 g/mol. The Bertz CT molecular complexity index is 331. The molecule has 0 unspecified atom stereocenters. The molecule has 0 aliphatic carbocycles. The third-order valence-electron chi connectivity index (χ3n) is 2.15. The first-order chi connectivity index (χ1) is 6.66. The van der Waals surface area contributed by atoms with Crippen molar-refractivity contribution in [3.63, 3.8) is 0 Å². The molecule has 1 N–H and O–H groups in total. The minimum Gasteiger partial charge on any atom is -0.460 e. The standard InChI is InChI=1S/C11H14O3/c1-8-4-3-5-10(9(8)2)11(13)14-7-6-12/h3-5,12H,6-7H2,1-2H3. The number of rotatable bonds is 3. The van der Waals surface area contributed by atoms with Crippen molar-refractivity contribution in [2.24, 2.45) is 0 Å². The highest BCUT2D eigenvalue weighted by Gasteiger charge is 2.10. The number of hydrogen-bond donors (Lipinski definition) is 1. The van der Waals surface area contributed by atoms with Crippen LogP contribution in [0.15, 0.2) is 18.2 Å². The van der Waals surface area contributed by atoms with Crippen molar-refractivity contribution in [2.75, 3.05) is 13.2 Å². The smallest absolute Gasteiger partial charge is 0.338 e. The zero-order chi connectivity index (χ0) is 10.6. The maximum absolute atomic E-state index is 11.4. The fourth-order valence-corrected chi connectivity index (χ4v) is 1.19. The van der Waals surface area contributed by atoms with Crippen LogP contribution >= 0.6 is 0 Å². The zero-order valence-corrected chi connectivity index (χ0v) is 8.41. The fourth-order valence-electron chi connectivity index (χ4n) is 1.19. The summed E-state index contributed by atoms with van der Waals surface area (Å²) in [4.78, 5) is 11.4. The topological polar surface area (TPSA) is 46.5 Å². The fraction of sp³-hybridized carbons (Fsp3) is 0.364. The molecule has 14 heavy (non-hydrogen) atoms. The van der Waals surface area contributed by atoms with Crippen LogP contribution in [0.5, 0.6) is 0 Å². The van der Waals surface area contributed by atoms with E-state index in [2.05, 4.69) is 0 Å². The van der Waals surface area contributed by atoms with E-state index in [9.17, 15) is 4.79 Å². The van der Waals surface area contributed by atoms with Crippen LogP contribution < -0.4 is 0 Å². The Hall–Kier alpha value is -1.35. The van der Waals surface area contributed by atoms with Gasteiger partial charge in [-0.1, -0.05) is 12.1 Å². The van der Waals surface area contributed by atoms with Gasteiger partial charge in [0, 0.05) is 0 Å². The number of esters is 1. The molecule has 0 aliphatic heterocycles. The number of benzene rings is 1. The molecule has 3 heteroatoms. The number of aliphatic hydroxyl groups excluding tert-OH is 1. The van der Waals surface area contributed by atoms with E-state index in [-0.39, 0.29) is 19.2 Å². The van der Waals surface area contributed by atoms with E-state index in [1.165, 1.54) is 0 Å². The third kappa shape index (κ3) is 2.33. The molecule has 0 saturated carbocycles. The number of hydrogen-bond acceptors (Lipinski definition) is 3. The van der Waals surface area contributed by atoms with Crippen molar-refractivity contribution in [2.45, 2.75) is 13.8 Å². The van der Waals surface area contributed by atoms with Crippen LogP contribution in [0.2, 0.25) is 0 Å². The molecule has 0 heterocycles. The Balaban J connectivity index is 2.84. The van der Waals surface area contributed by atoms with Gasteiger partial charge in [-0.2, -0.15) is 0 Å². The highest BCUT2D eigenvalue weighted by atomic mass is 16.5. The van der Waals surface area contributed by atoms with Crippen molar-refractivity contribution in [3.05, 3.63) is 34.9 Å². The molecule has 0 spiro atoms. The summed E-state index contributed by atoms with van der Waals surface area (Å²) in [5, 5.41) is 8.51. The molecule has 1 rings (SSSR count). The highest BCUT2D eigenvalue weighted by molar-refractivity contribution is 5.91. The van der Waals surface area contributed by atoms with E-state index in [1.54, 1.807) is 6.07 Å². The molecule has 3 nitrogen and oxygen atoms in total. The van der Waals surface area contributed by atoms with Crippen molar-refractivity contribution in [1.29, 1.82) is 0 Å². The van der Waals surface area contributed by atoms with Gasteiger partial charge in [0.25, 0.3) is 0 Å². The minimum atomic E-state index is -0.375. The van der Waals surface area contributed by atoms with E-state index in [0.717, 1.165) is 11.1 Å². The Morgan fingerprint density at radius 2 is 2.14 bits per heavy atom. The second-order valence-electron chi connectivity index (χ2n) is 3.11. The highest BCUT2D eigenvalue weighted by Crippen LogP contribution is 2.13. The lowest BCUT2D eigenvalue weighted by Crippen LogP contribution is -2.10. The number of aliphatic hydroxyl groups is 1. The average Bonchev–Trinajstić information content (AvgIpc) is 2.18. The molecule has 1 aromatic carbocycles. The van der Waals surface area contributed by atoms with Gasteiger partial charge in [0.1, 0.15) is 6.61 Å². The maximum Gasteiger partial charge on any atom is 0.338 e. The van der Waals surface area contributed by atoms with Gasteiger partial charge in [0.15, 0.2) is 0 Å². The summed E-state index contributed by atoms with van der Waals surface area (Å²) in [7, 11) is 0. The first-order valence-electron chi connectivity index (χ1n) is 4.51. The molecule has 0 radical (unpaired) electrons. The Morgan fingerprint density at radius 1 is 1.43 bits per heavy atom. The van der Waals surface area contributed by atoms with E-state index in [1.807, 2.05) is 26.0 Å². The minimum absolute atomic E-state index is 0.0478. The number of carbonyl (C=O) groups excluding carboxylic acids is 1. The number of aryl methyl sites for hydroxylation is 1. The lowest BCUT2D eigenvalue weighted by atomic mass is 10.0. The predicted octanol–water partition coefficient (Wildman–Crippen LogP) is 1.45. The van der Waals surface area contributed by atoms with E-state index < -0.39 is 0 Å². The van der Waals surface area contributed by atoms with Crippen LogP contribution in [0.4, 0.5) is 0 Å². The predicted molar refractivity (Wildman–Crippen MR) is 53.3 cm³/mol. The summed E-state index contributed by atoms with van der Waals surface area (Å²) in [5.41, 5.74) is 2.55. The molecular formula is C11H14O3. The van der Waals surface area contributed by atoms with Gasteiger partial charge in [0.2, 0.25) is 0 Å². The Labute approximate surface area is 83.3 Å². The summed E-state index contributed by atoms with van der Waals surface area (Å²) < 4.78 is 4.82. The molecule has 1 aromatic rings. The quantitative estimate of drug-likeness (QED) is 0.741. The molecular weight excluding hydrogens is 180 g/mol. The summed E-state index contributed by atoms with van der Waals surface area (Å²) in [6, 6.07) is 5.48. The summed E-state index contributed by atoms with van der Waals surface area (Å²) in [6.45, 7) is 3.73. The molecule has 76 valence electrons. The van der Waals surface area contributed by atoms with Gasteiger partial charge < -0.3 is 9.84 Å². The van der Waals surface area contributed by atoms with Gasteiger partial charge >= 0.3 is 5.97 Å². The SMILES string of the molecule is Cc1cccc(C(=O)OCCO)c1C. The second-order valence-corrected chi connectivity index (χ2v) is 3.11. The molecule has 0 saturated heterocycles. The van der Waals surface area contributed by atoms with Crippen LogP contribution in [0.1, 0.15) is 21.5 Å². The normalized spacial score (nSPS) is 9.93. The molecule has 0 bridgehead atoms. The Morgan fingerprint density at radius 3 is 2.79 bits per heavy atom. The van der Waals surface area contributed by atoms with Crippen LogP contribution in [-0.4, -0.2) is 24.3 Å². The van der Waals surface area contributed by atoms with Crippen LogP contribution in [0.3, 0.4) is 0 Å². The molecule has 0 aliphatic rings. The van der Waals surface area contributed by atoms with Gasteiger partial charge in [0.05, 0.1) is 12.2 Å². The van der Waals surface area contributed by atoms with E-state index in [4.69, 9.17) is 9.84 Å². The van der Waals surface area contributed by atoms with E-state index >= 15 is 0 Å². The van der Waals surface area contributed by atoms with Gasteiger partial charge in [-0.25, -0.2) is 4.79 Å². The summed E-state index contributed by atoms with van der Waals surface area (Å²) in [5.74, 6) is -0.375. The lowest BCUT2D eigenvalue weighted by molar-refractivity contribution is 0.0433. The average molecular weight is 194 g/mol. The maximum atomic E-state index is 11.4. The van der Waals surface area contributed by atoms with Crippen LogP contribution in [-0.2, 0) is 4.74 Å². The van der Waals surface area contributed by atoms with Crippen LogP contribution in [0, 0.1) is 13.8 Å². The zero-order valence-electron chi connectivity index (χ0n) is 8.41. The summed E-state index contributed by atoms with van der Waals surface area (Å²) >= 11 is 0. The molecule has 0 atom stereocenters. The third-order valence-corrected chi connectivity index (χ3v) is 2.15. The second kappa shape index (κ2) is 4.77. The lowest BCUT2D eigenvalue weighted by Gasteiger charge is -2.07. The van der Waals surface area contributed by atoms with Crippen molar-refractivity contribution in [1.82, 2.24) is 0 Å².